The average Bonchev–Trinajstić information content (AvgIpc) is 2.55. The lowest BCUT2D eigenvalue weighted by molar-refractivity contribution is 0.415. The number of ether oxygens (including phenoxy) is 1. The first-order valence-corrected chi connectivity index (χ1v) is 6.93. The summed E-state index contributed by atoms with van der Waals surface area (Å²) in [6.07, 6.45) is 1.74. The van der Waals surface area contributed by atoms with Gasteiger partial charge in [0.25, 0.3) is 0 Å². The van der Waals surface area contributed by atoms with Crippen LogP contribution in [0.4, 0.5) is 5.82 Å². The lowest BCUT2D eigenvalue weighted by atomic mass is 10.2. The Kier molecular flexibility index (Phi) is 3.96. The van der Waals surface area contributed by atoms with E-state index in [0.717, 1.165) is 22.2 Å². The highest BCUT2D eigenvalue weighted by Crippen LogP contribution is 2.19. The van der Waals surface area contributed by atoms with Crippen LogP contribution in [0.2, 0.25) is 0 Å². The van der Waals surface area contributed by atoms with Crippen molar-refractivity contribution in [3.8, 4) is 5.75 Å². The van der Waals surface area contributed by atoms with Gasteiger partial charge >= 0.3 is 0 Å². The van der Waals surface area contributed by atoms with Gasteiger partial charge in [0.15, 0.2) is 5.82 Å². The Labute approximate surface area is 128 Å². The first kappa shape index (κ1) is 14.0. The zero-order valence-corrected chi connectivity index (χ0v) is 12.4. The Morgan fingerprint density at radius 2 is 1.82 bits per heavy atom. The van der Waals surface area contributed by atoms with Gasteiger partial charge in [-0.15, -0.1) is 0 Å². The molecule has 5 nitrogen and oxygen atoms in total. The summed E-state index contributed by atoms with van der Waals surface area (Å²) in [4.78, 5) is 8.81. The summed E-state index contributed by atoms with van der Waals surface area (Å²) in [5.41, 5.74) is 4.87. The average molecular weight is 292 g/mol. The molecular weight excluding hydrogens is 276 g/mol. The molecule has 0 unspecified atom stereocenters. The number of benzene rings is 2. The van der Waals surface area contributed by atoms with E-state index in [1.54, 1.807) is 13.3 Å². The van der Waals surface area contributed by atoms with Gasteiger partial charge in [0.05, 0.1) is 18.8 Å². The largest absolute Gasteiger partial charge is 0.497 e. The molecule has 3 aromatic rings. The minimum atomic E-state index is 0.702. The topological polar surface area (TPSA) is 59.4 Å². The van der Waals surface area contributed by atoms with E-state index in [1.807, 2.05) is 55.5 Å². The minimum Gasteiger partial charge on any atom is -0.497 e. The highest BCUT2D eigenvalue weighted by molar-refractivity contribution is 5.89. The van der Waals surface area contributed by atoms with Crippen molar-refractivity contribution in [2.45, 2.75) is 6.92 Å². The summed E-state index contributed by atoms with van der Waals surface area (Å²) in [5, 5.41) is 5.20. The van der Waals surface area contributed by atoms with Gasteiger partial charge in [-0.3, -0.25) is 5.43 Å². The number of aromatic nitrogens is 2. The highest BCUT2D eigenvalue weighted by Gasteiger charge is 2.03. The van der Waals surface area contributed by atoms with Crippen molar-refractivity contribution in [2.24, 2.45) is 5.10 Å². The van der Waals surface area contributed by atoms with E-state index >= 15 is 0 Å². The van der Waals surface area contributed by atoms with E-state index in [4.69, 9.17) is 4.74 Å². The maximum Gasteiger partial charge on any atom is 0.157 e. The Morgan fingerprint density at radius 3 is 2.59 bits per heavy atom. The molecule has 0 spiro atoms. The zero-order valence-electron chi connectivity index (χ0n) is 12.4. The molecule has 1 N–H and O–H groups in total. The molecular formula is C17H16N4O. The third-order valence-corrected chi connectivity index (χ3v) is 3.21. The first-order valence-electron chi connectivity index (χ1n) is 6.93. The number of methoxy groups -OCH3 is 1. The van der Waals surface area contributed by atoms with Gasteiger partial charge in [0.2, 0.25) is 0 Å². The Morgan fingerprint density at radius 1 is 1.05 bits per heavy atom. The maximum absolute atomic E-state index is 5.13. The van der Waals surface area contributed by atoms with Crippen molar-refractivity contribution in [3.05, 3.63) is 59.9 Å². The second-order valence-corrected chi connectivity index (χ2v) is 4.78. The number of nitrogens with zero attached hydrogens (tertiary/aromatic N) is 3. The van der Waals surface area contributed by atoms with E-state index in [2.05, 4.69) is 20.5 Å². The summed E-state index contributed by atoms with van der Waals surface area (Å²) in [7, 11) is 1.65. The van der Waals surface area contributed by atoms with E-state index in [9.17, 15) is 0 Å². The first-order chi connectivity index (χ1) is 10.8. The second kappa shape index (κ2) is 6.22. The van der Waals surface area contributed by atoms with Crippen LogP contribution in [0.1, 0.15) is 11.4 Å². The van der Waals surface area contributed by atoms with Crippen LogP contribution in [0, 0.1) is 6.92 Å². The number of aryl methyl sites for hydroxylation is 1. The van der Waals surface area contributed by atoms with Gasteiger partial charge in [0, 0.05) is 5.39 Å². The summed E-state index contributed by atoms with van der Waals surface area (Å²) in [6.45, 7) is 1.87. The predicted octanol–water partition coefficient (Wildman–Crippen LogP) is 3.39. The molecule has 0 aliphatic heterocycles. The fraction of sp³-hybridized carbons (Fsp3) is 0.118. The Balaban J connectivity index is 1.82. The van der Waals surface area contributed by atoms with Crippen LogP contribution < -0.4 is 10.2 Å². The molecule has 0 radical (unpaired) electrons. The molecule has 0 saturated heterocycles. The molecule has 1 aromatic heterocycles. The monoisotopic (exact) mass is 292 g/mol. The Bertz CT molecular complexity index is 813. The molecule has 0 amide bonds. The third-order valence-electron chi connectivity index (χ3n) is 3.21. The third kappa shape index (κ3) is 3.03. The van der Waals surface area contributed by atoms with Crippen LogP contribution in [0.25, 0.3) is 10.9 Å². The normalized spacial score (nSPS) is 11.0. The van der Waals surface area contributed by atoms with Crippen molar-refractivity contribution in [2.75, 3.05) is 12.5 Å². The second-order valence-electron chi connectivity index (χ2n) is 4.78. The van der Waals surface area contributed by atoms with Crippen LogP contribution >= 0.6 is 0 Å². The maximum atomic E-state index is 5.13. The van der Waals surface area contributed by atoms with Crippen molar-refractivity contribution in [1.82, 2.24) is 9.97 Å². The molecule has 0 atom stereocenters. The van der Waals surface area contributed by atoms with Gasteiger partial charge in [-0.2, -0.15) is 5.10 Å². The van der Waals surface area contributed by atoms with Gasteiger partial charge in [-0.25, -0.2) is 9.97 Å². The summed E-state index contributed by atoms with van der Waals surface area (Å²) >= 11 is 0. The highest BCUT2D eigenvalue weighted by atomic mass is 16.5. The summed E-state index contributed by atoms with van der Waals surface area (Å²) in [5.74, 6) is 2.23. The number of hydrazone groups is 1. The van der Waals surface area contributed by atoms with Crippen molar-refractivity contribution in [3.63, 3.8) is 0 Å². The standard InChI is InChI=1S/C17H16N4O/c1-12-19-16-6-4-3-5-15(16)17(20-12)21-18-11-13-7-9-14(22-2)10-8-13/h3-11H,1-2H3,(H,19,20,21). The van der Waals surface area contributed by atoms with E-state index in [1.165, 1.54) is 0 Å². The minimum absolute atomic E-state index is 0.702. The van der Waals surface area contributed by atoms with Gasteiger partial charge in [-0.05, 0) is 48.9 Å². The van der Waals surface area contributed by atoms with Crippen molar-refractivity contribution in [1.29, 1.82) is 0 Å². The Hall–Kier alpha value is -2.95. The zero-order chi connectivity index (χ0) is 15.4. The molecule has 0 fully saturated rings. The fourth-order valence-corrected chi connectivity index (χ4v) is 2.14. The molecule has 3 rings (SSSR count). The van der Waals surface area contributed by atoms with Crippen LogP contribution in [0.3, 0.4) is 0 Å². The number of fused-ring (bicyclic) bond motifs is 1. The molecule has 110 valence electrons. The summed E-state index contributed by atoms with van der Waals surface area (Å²) < 4.78 is 5.13. The molecule has 22 heavy (non-hydrogen) atoms. The molecule has 0 bridgehead atoms. The lowest BCUT2D eigenvalue weighted by Crippen LogP contribution is -1.98. The molecule has 0 aliphatic rings. The smallest absolute Gasteiger partial charge is 0.157 e. The number of rotatable bonds is 4. The molecule has 0 saturated carbocycles. The number of hydrogen-bond donors (Lipinski definition) is 1. The van der Waals surface area contributed by atoms with Crippen molar-refractivity contribution < 1.29 is 4.74 Å². The number of nitrogens with one attached hydrogen (secondary N) is 1. The quantitative estimate of drug-likeness (QED) is 0.591. The fourth-order valence-electron chi connectivity index (χ4n) is 2.14. The number of para-hydroxylation sites is 1. The van der Waals surface area contributed by atoms with E-state index < -0.39 is 0 Å². The van der Waals surface area contributed by atoms with Crippen LogP contribution in [-0.2, 0) is 0 Å². The lowest BCUT2D eigenvalue weighted by Gasteiger charge is -2.05. The van der Waals surface area contributed by atoms with Crippen LogP contribution in [-0.4, -0.2) is 23.3 Å². The van der Waals surface area contributed by atoms with Gasteiger partial charge in [-0.1, -0.05) is 12.1 Å². The van der Waals surface area contributed by atoms with Gasteiger partial charge < -0.3 is 4.74 Å². The van der Waals surface area contributed by atoms with E-state index in [-0.39, 0.29) is 0 Å². The van der Waals surface area contributed by atoms with Crippen LogP contribution in [0.15, 0.2) is 53.6 Å². The predicted molar refractivity (Wildman–Crippen MR) is 88.5 cm³/mol. The SMILES string of the molecule is COc1ccc(C=NNc2nc(C)nc3ccccc23)cc1. The molecule has 5 heteroatoms. The molecule has 0 aliphatic carbocycles. The van der Waals surface area contributed by atoms with Gasteiger partial charge in [0.1, 0.15) is 11.6 Å². The van der Waals surface area contributed by atoms with Crippen molar-refractivity contribution >= 4 is 22.9 Å². The number of hydrogen-bond acceptors (Lipinski definition) is 5. The summed E-state index contributed by atoms with van der Waals surface area (Å²) in [6, 6.07) is 15.5. The molecule has 2 aromatic carbocycles. The molecule has 1 heterocycles. The van der Waals surface area contributed by atoms with Crippen LogP contribution in [0.5, 0.6) is 5.75 Å². The number of anilines is 1. The van der Waals surface area contributed by atoms with E-state index in [0.29, 0.717) is 11.6 Å².